The van der Waals surface area contributed by atoms with Gasteiger partial charge in [-0.1, -0.05) is 42.1 Å². The molecule has 33 heavy (non-hydrogen) atoms. The highest BCUT2D eigenvalue weighted by atomic mass is 32.2. The summed E-state index contributed by atoms with van der Waals surface area (Å²) in [5.74, 6) is 0.621. The van der Waals surface area contributed by atoms with Gasteiger partial charge in [0.2, 0.25) is 0 Å². The molecule has 2 N–H and O–H groups in total. The third-order valence-corrected chi connectivity index (χ3v) is 5.16. The van der Waals surface area contributed by atoms with Crippen molar-refractivity contribution >= 4 is 40.7 Å². The Morgan fingerprint density at radius 2 is 1.70 bits per heavy atom. The quantitative estimate of drug-likeness (QED) is 0.206. The number of thioether (sulfide) groups is 1. The van der Waals surface area contributed by atoms with Gasteiger partial charge in [-0.2, -0.15) is 0 Å². The Labute approximate surface area is 195 Å². The number of benzene rings is 2. The molecule has 0 saturated carbocycles. The molecule has 0 aliphatic heterocycles. The van der Waals surface area contributed by atoms with Crippen molar-refractivity contribution in [1.82, 2.24) is 19.9 Å². The molecule has 0 aliphatic carbocycles. The van der Waals surface area contributed by atoms with E-state index in [-0.39, 0.29) is 12.2 Å². The molecule has 0 amide bonds. The normalized spacial score (nSPS) is 10.5. The number of hydrogen-bond donors (Lipinski definition) is 2. The Kier molecular flexibility index (Phi) is 7.11. The first kappa shape index (κ1) is 22.2. The van der Waals surface area contributed by atoms with Crippen molar-refractivity contribution in [3.8, 4) is 11.3 Å². The first-order valence-corrected chi connectivity index (χ1v) is 11.5. The maximum absolute atomic E-state index is 12.3. The van der Waals surface area contributed by atoms with E-state index in [0.717, 1.165) is 22.6 Å². The second-order valence-corrected chi connectivity index (χ2v) is 7.59. The van der Waals surface area contributed by atoms with E-state index >= 15 is 0 Å². The number of hydrogen-bond acceptors (Lipinski definition) is 9. The molecule has 0 atom stereocenters. The summed E-state index contributed by atoms with van der Waals surface area (Å²) < 4.78 is 5.12. The lowest BCUT2D eigenvalue weighted by Crippen LogP contribution is -2.10. The first-order valence-electron chi connectivity index (χ1n) is 10.3. The monoisotopic (exact) mass is 458 g/mol. The summed E-state index contributed by atoms with van der Waals surface area (Å²) in [6.07, 6.45) is 4.89. The van der Waals surface area contributed by atoms with Crippen LogP contribution < -0.4 is 10.6 Å². The van der Waals surface area contributed by atoms with Crippen molar-refractivity contribution in [3.05, 3.63) is 78.8 Å². The Morgan fingerprint density at radius 3 is 2.39 bits per heavy atom. The van der Waals surface area contributed by atoms with E-state index in [9.17, 15) is 4.79 Å². The fraction of sp³-hybridized carbons (Fsp3) is 0.125. The van der Waals surface area contributed by atoms with Crippen LogP contribution in [0, 0.1) is 0 Å². The van der Waals surface area contributed by atoms with E-state index in [1.807, 2.05) is 66.9 Å². The van der Waals surface area contributed by atoms with E-state index in [2.05, 4.69) is 30.6 Å². The van der Waals surface area contributed by atoms with Crippen LogP contribution in [-0.4, -0.2) is 38.8 Å². The molecule has 2 aromatic carbocycles. The number of rotatable bonds is 8. The molecule has 0 fully saturated rings. The van der Waals surface area contributed by atoms with Crippen molar-refractivity contribution in [2.75, 3.05) is 23.5 Å². The van der Waals surface area contributed by atoms with E-state index in [1.54, 1.807) is 6.92 Å². The van der Waals surface area contributed by atoms with Crippen molar-refractivity contribution in [3.63, 3.8) is 0 Å². The van der Waals surface area contributed by atoms with Gasteiger partial charge in [-0.15, -0.1) is 0 Å². The highest BCUT2D eigenvalue weighted by molar-refractivity contribution is 7.98. The second-order valence-electron chi connectivity index (χ2n) is 6.82. The van der Waals surface area contributed by atoms with Gasteiger partial charge < -0.3 is 15.4 Å². The van der Waals surface area contributed by atoms with Crippen LogP contribution in [0.3, 0.4) is 0 Å². The van der Waals surface area contributed by atoms with Gasteiger partial charge in [0.1, 0.15) is 23.5 Å². The molecule has 0 saturated heterocycles. The largest absolute Gasteiger partial charge is 0.462 e. The number of anilines is 4. The van der Waals surface area contributed by atoms with Gasteiger partial charge in [-0.05, 0) is 37.4 Å². The van der Waals surface area contributed by atoms with Crippen LogP contribution in [-0.2, 0) is 4.74 Å². The molecular weight excluding hydrogens is 436 g/mol. The van der Waals surface area contributed by atoms with Crippen LogP contribution in [0.2, 0.25) is 0 Å². The van der Waals surface area contributed by atoms with E-state index in [4.69, 9.17) is 4.74 Å². The number of carbonyl (C=O) groups is 1. The molecule has 4 aromatic rings. The fourth-order valence-corrected chi connectivity index (χ4v) is 3.37. The zero-order valence-corrected chi connectivity index (χ0v) is 19.0. The predicted molar refractivity (Wildman–Crippen MR) is 130 cm³/mol. The molecule has 0 aliphatic rings. The van der Waals surface area contributed by atoms with Crippen molar-refractivity contribution in [2.24, 2.45) is 0 Å². The molecule has 8 nitrogen and oxygen atoms in total. The Bertz CT molecular complexity index is 1240. The number of nitrogens with zero attached hydrogens (tertiary/aromatic N) is 4. The summed E-state index contributed by atoms with van der Waals surface area (Å²) in [5.41, 5.74) is 3.77. The third kappa shape index (κ3) is 5.64. The average Bonchev–Trinajstić information content (AvgIpc) is 2.86. The van der Waals surface area contributed by atoms with Crippen LogP contribution in [0.1, 0.15) is 17.3 Å². The minimum Gasteiger partial charge on any atom is -0.462 e. The van der Waals surface area contributed by atoms with Gasteiger partial charge >= 0.3 is 5.97 Å². The first-order chi connectivity index (χ1) is 16.2. The molecule has 0 radical (unpaired) electrons. The summed E-state index contributed by atoms with van der Waals surface area (Å²) >= 11 is 1.39. The van der Waals surface area contributed by atoms with Crippen LogP contribution in [0.15, 0.2) is 78.3 Å². The molecule has 2 heterocycles. The maximum Gasteiger partial charge on any atom is 0.343 e. The zero-order chi connectivity index (χ0) is 23.0. The molecule has 0 spiro atoms. The maximum atomic E-state index is 12.3. The number of esters is 1. The molecule has 9 heteroatoms. The highest BCUT2D eigenvalue weighted by Gasteiger charge is 2.16. The van der Waals surface area contributed by atoms with Crippen LogP contribution in [0.25, 0.3) is 11.3 Å². The summed E-state index contributed by atoms with van der Waals surface area (Å²) in [5, 5.41) is 7.03. The topological polar surface area (TPSA) is 102 Å². The second kappa shape index (κ2) is 10.6. The van der Waals surface area contributed by atoms with Gasteiger partial charge in [-0.3, -0.25) is 0 Å². The van der Waals surface area contributed by atoms with E-state index in [0.29, 0.717) is 16.8 Å². The molecule has 0 bridgehead atoms. The van der Waals surface area contributed by atoms with Gasteiger partial charge in [0.15, 0.2) is 5.16 Å². The van der Waals surface area contributed by atoms with Crippen molar-refractivity contribution in [1.29, 1.82) is 0 Å². The van der Waals surface area contributed by atoms with E-state index < -0.39 is 5.97 Å². The molecule has 2 aromatic heterocycles. The average molecular weight is 459 g/mol. The predicted octanol–water partition coefficient (Wildman–Crippen LogP) is 5.32. The highest BCUT2D eigenvalue weighted by Crippen LogP contribution is 2.25. The number of aromatic nitrogens is 4. The Balaban J connectivity index is 1.50. The summed E-state index contributed by atoms with van der Waals surface area (Å²) in [4.78, 5) is 29.5. The lowest BCUT2D eigenvalue weighted by molar-refractivity contribution is 0.0526. The minimum atomic E-state index is -0.469. The van der Waals surface area contributed by atoms with Crippen molar-refractivity contribution < 1.29 is 9.53 Å². The van der Waals surface area contributed by atoms with Crippen LogP contribution in [0.4, 0.5) is 23.0 Å². The lowest BCUT2D eigenvalue weighted by Gasteiger charge is -2.12. The minimum absolute atomic E-state index is 0.276. The Hall–Kier alpha value is -3.98. The standard InChI is InChI=1S/C24H22N6O2S/c1-3-32-23(31)19-14-25-24(33-2)30-22(19)29-18-11-9-17(10-12-18)28-21-13-20(26-15-27-21)16-7-5-4-6-8-16/h4-15H,3H2,1-2H3,(H,25,29,30)(H,26,27,28). The number of nitrogens with one attached hydrogen (secondary N) is 2. The number of ether oxygens (including phenoxy) is 1. The Morgan fingerprint density at radius 1 is 0.970 bits per heavy atom. The molecular formula is C24H22N6O2S. The van der Waals surface area contributed by atoms with Gasteiger partial charge in [0.25, 0.3) is 0 Å². The molecule has 0 unspecified atom stereocenters. The fourth-order valence-electron chi connectivity index (χ4n) is 3.03. The van der Waals surface area contributed by atoms with E-state index in [1.165, 1.54) is 24.3 Å². The van der Waals surface area contributed by atoms with Gasteiger partial charge in [0.05, 0.1) is 12.3 Å². The lowest BCUT2D eigenvalue weighted by atomic mass is 10.1. The van der Waals surface area contributed by atoms with Crippen molar-refractivity contribution in [2.45, 2.75) is 12.1 Å². The molecule has 4 rings (SSSR count). The summed E-state index contributed by atoms with van der Waals surface area (Å²) in [7, 11) is 0. The van der Waals surface area contributed by atoms with Gasteiger partial charge in [0, 0.05) is 29.2 Å². The van der Waals surface area contributed by atoms with Crippen LogP contribution in [0.5, 0.6) is 0 Å². The molecule has 166 valence electrons. The van der Waals surface area contributed by atoms with Crippen LogP contribution >= 0.6 is 11.8 Å². The smallest absolute Gasteiger partial charge is 0.343 e. The summed E-state index contributed by atoms with van der Waals surface area (Å²) in [6.45, 7) is 2.03. The number of carbonyl (C=O) groups excluding carboxylic acids is 1. The van der Waals surface area contributed by atoms with Gasteiger partial charge in [-0.25, -0.2) is 24.7 Å². The zero-order valence-electron chi connectivity index (χ0n) is 18.1. The SMILES string of the molecule is CCOC(=O)c1cnc(SC)nc1Nc1ccc(Nc2cc(-c3ccccc3)ncn2)cc1. The summed E-state index contributed by atoms with van der Waals surface area (Å²) in [6, 6.07) is 19.4. The third-order valence-electron chi connectivity index (χ3n) is 4.60.